The molecule has 23 heavy (non-hydrogen) atoms. The summed E-state index contributed by atoms with van der Waals surface area (Å²) in [7, 11) is 3.85. The summed E-state index contributed by atoms with van der Waals surface area (Å²) in [6.07, 6.45) is -0.528. The number of aliphatic hydroxyl groups excluding tert-OH is 1. The number of carbonyl (C=O) groups excluding carboxylic acids is 3. The molecule has 2 rings (SSSR count). The van der Waals surface area contributed by atoms with E-state index in [1.807, 2.05) is 31.1 Å². The van der Waals surface area contributed by atoms with Crippen molar-refractivity contribution >= 4 is 23.4 Å². The highest BCUT2D eigenvalue weighted by Gasteiger charge is 2.30. The lowest BCUT2D eigenvalue weighted by Gasteiger charge is -2.17. The van der Waals surface area contributed by atoms with Crippen LogP contribution in [0.2, 0.25) is 0 Å². The largest absolute Gasteiger partial charge is 0.387 e. The zero-order valence-corrected chi connectivity index (χ0v) is 13.3. The van der Waals surface area contributed by atoms with Gasteiger partial charge in [0.15, 0.2) is 0 Å². The molecule has 1 aliphatic rings. The van der Waals surface area contributed by atoms with Gasteiger partial charge in [0.05, 0.1) is 6.10 Å². The molecule has 0 spiro atoms. The summed E-state index contributed by atoms with van der Waals surface area (Å²) in [5, 5.41) is 12.6. The smallest absolute Gasteiger partial charge is 0.240 e. The van der Waals surface area contributed by atoms with Gasteiger partial charge in [0.25, 0.3) is 0 Å². The van der Waals surface area contributed by atoms with Gasteiger partial charge in [0, 0.05) is 39.2 Å². The number of carbonyl (C=O) groups is 3. The second kappa shape index (κ2) is 7.23. The molecular weight excluding hydrogens is 298 g/mol. The Bertz CT molecular complexity index is 582. The van der Waals surface area contributed by atoms with E-state index < -0.39 is 12.0 Å². The Kier molecular flexibility index (Phi) is 5.33. The summed E-state index contributed by atoms with van der Waals surface area (Å²) >= 11 is 0. The van der Waals surface area contributed by atoms with E-state index in [0.29, 0.717) is 5.56 Å². The van der Waals surface area contributed by atoms with Crippen LogP contribution in [0.3, 0.4) is 0 Å². The van der Waals surface area contributed by atoms with Gasteiger partial charge in [-0.3, -0.25) is 19.3 Å². The predicted octanol–water partition coefficient (Wildman–Crippen LogP) is 0.0512. The Hall–Kier alpha value is -2.41. The van der Waals surface area contributed by atoms with Crippen molar-refractivity contribution in [1.82, 2.24) is 10.2 Å². The second-order valence-corrected chi connectivity index (χ2v) is 5.68. The number of benzene rings is 1. The maximum absolute atomic E-state index is 11.8. The summed E-state index contributed by atoms with van der Waals surface area (Å²) in [5.41, 5.74) is 1.69. The summed E-state index contributed by atoms with van der Waals surface area (Å²) in [4.78, 5) is 37.6. The van der Waals surface area contributed by atoms with Crippen molar-refractivity contribution in [3.63, 3.8) is 0 Å². The predicted molar refractivity (Wildman–Crippen MR) is 84.7 cm³/mol. The van der Waals surface area contributed by atoms with Crippen LogP contribution < -0.4 is 10.2 Å². The molecule has 1 aromatic carbocycles. The Morgan fingerprint density at radius 2 is 1.78 bits per heavy atom. The fraction of sp³-hybridized carbons (Fsp3) is 0.438. The number of nitrogens with one attached hydrogen (secondary N) is 1. The average molecular weight is 319 g/mol. The molecule has 0 radical (unpaired) electrons. The maximum atomic E-state index is 11.8. The molecule has 1 heterocycles. The summed E-state index contributed by atoms with van der Waals surface area (Å²) in [6.45, 7) is -0.264. The van der Waals surface area contributed by atoms with E-state index in [1.165, 1.54) is 0 Å². The number of imide groups is 1. The minimum Gasteiger partial charge on any atom is -0.387 e. The third kappa shape index (κ3) is 4.29. The van der Waals surface area contributed by atoms with Gasteiger partial charge in [-0.25, -0.2) is 0 Å². The van der Waals surface area contributed by atoms with Crippen molar-refractivity contribution in [3.8, 4) is 0 Å². The molecule has 1 aliphatic heterocycles. The van der Waals surface area contributed by atoms with Gasteiger partial charge in [-0.05, 0) is 17.7 Å². The van der Waals surface area contributed by atoms with Gasteiger partial charge in [-0.15, -0.1) is 0 Å². The molecule has 0 bridgehead atoms. The molecule has 124 valence electrons. The quantitative estimate of drug-likeness (QED) is 0.723. The lowest BCUT2D eigenvalue weighted by Crippen LogP contribution is -2.41. The van der Waals surface area contributed by atoms with Crippen LogP contribution in [-0.4, -0.2) is 54.9 Å². The topological polar surface area (TPSA) is 89.9 Å². The molecule has 3 amide bonds. The lowest BCUT2D eigenvalue weighted by atomic mass is 10.1. The van der Waals surface area contributed by atoms with Crippen molar-refractivity contribution in [3.05, 3.63) is 29.8 Å². The van der Waals surface area contributed by atoms with Crippen LogP contribution in [0.4, 0.5) is 5.69 Å². The first-order valence-electron chi connectivity index (χ1n) is 7.43. The minimum atomic E-state index is -0.847. The Labute approximate surface area is 134 Å². The van der Waals surface area contributed by atoms with E-state index in [9.17, 15) is 19.5 Å². The van der Waals surface area contributed by atoms with Crippen molar-refractivity contribution in [1.29, 1.82) is 0 Å². The van der Waals surface area contributed by atoms with Crippen LogP contribution >= 0.6 is 0 Å². The molecule has 1 aromatic rings. The van der Waals surface area contributed by atoms with Crippen LogP contribution in [0.15, 0.2) is 24.3 Å². The third-order valence-electron chi connectivity index (χ3n) is 3.74. The molecule has 1 atom stereocenters. The Morgan fingerprint density at radius 1 is 1.22 bits per heavy atom. The Balaban J connectivity index is 1.83. The third-order valence-corrected chi connectivity index (χ3v) is 3.74. The van der Waals surface area contributed by atoms with Gasteiger partial charge in [-0.1, -0.05) is 12.1 Å². The van der Waals surface area contributed by atoms with E-state index in [0.717, 1.165) is 10.6 Å². The molecular formula is C16H21N3O4. The van der Waals surface area contributed by atoms with Crippen molar-refractivity contribution in [2.45, 2.75) is 18.9 Å². The van der Waals surface area contributed by atoms with Crippen LogP contribution in [0.25, 0.3) is 0 Å². The molecule has 1 fully saturated rings. The Morgan fingerprint density at radius 3 is 2.30 bits per heavy atom. The summed E-state index contributed by atoms with van der Waals surface area (Å²) < 4.78 is 0. The second-order valence-electron chi connectivity index (χ2n) is 5.68. The minimum absolute atomic E-state index is 0.0242. The molecule has 2 N–H and O–H groups in total. The molecule has 0 unspecified atom stereocenters. The van der Waals surface area contributed by atoms with Gasteiger partial charge in [-0.2, -0.15) is 0 Å². The number of rotatable bonds is 6. The fourth-order valence-electron chi connectivity index (χ4n) is 2.32. The average Bonchev–Trinajstić information content (AvgIpc) is 2.84. The van der Waals surface area contributed by atoms with E-state index >= 15 is 0 Å². The van der Waals surface area contributed by atoms with E-state index in [2.05, 4.69) is 5.32 Å². The normalized spacial score (nSPS) is 15.7. The number of aliphatic hydroxyl groups is 1. The number of amides is 3. The number of nitrogens with zero attached hydrogens (tertiary/aromatic N) is 2. The first kappa shape index (κ1) is 17.0. The van der Waals surface area contributed by atoms with E-state index in [1.54, 1.807) is 12.1 Å². The molecule has 1 saturated heterocycles. The van der Waals surface area contributed by atoms with Crippen LogP contribution in [0.1, 0.15) is 24.5 Å². The summed E-state index contributed by atoms with van der Waals surface area (Å²) in [5.74, 6) is -1.12. The molecule has 7 nitrogen and oxygen atoms in total. The zero-order valence-electron chi connectivity index (χ0n) is 13.3. The molecule has 0 aromatic heterocycles. The van der Waals surface area contributed by atoms with Gasteiger partial charge >= 0.3 is 0 Å². The molecule has 0 saturated carbocycles. The maximum Gasteiger partial charge on any atom is 0.240 e. The standard InChI is InChI=1S/C16H21N3O4/c1-18(2)12-5-3-11(4-6-12)13(20)9-17-14(21)10-19-15(22)7-8-16(19)23/h3-6,13,20H,7-10H2,1-2H3,(H,17,21)/t13-/m0/s1. The lowest BCUT2D eigenvalue weighted by molar-refractivity contribution is -0.142. The first-order chi connectivity index (χ1) is 10.9. The number of hydrogen-bond acceptors (Lipinski definition) is 5. The van der Waals surface area contributed by atoms with Crippen LogP contribution in [0, 0.1) is 0 Å². The van der Waals surface area contributed by atoms with Crippen molar-refractivity contribution in [2.24, 2.45) is 0 Å². The van der Waals surface area contributed by atoms with Crippen LogP contribution in [-0.2, 0) is 14.4 Å². The number of hydrogen-bond donors (Lipinski definition) is 2. The van der Waals surface area contributed by atoms with Crippen molar-refractivity contribution < 1.29 is 19.5 Å². The summed E-state index contributed by atoms with van der Waals surface area (Å²) in [6, 6.07) is 7.34. The first-order valence-corrected chi connectivity index (χ1v) is 7.43. The number of likely N-dealkylation sites (tertiary alicyclic amines) is 1. The van der Waals surface area contributed by atoms with E-state index in [4.69, 9.17) is 0 Å². The van der Waals surface area contributed by atoms with Gasteiger partial charge in [0.2, 0.25) is 17.7 Å². The SMILES string of the molecule is CN(C)c1ccc([C@@H](O)CNC(=O)CN2C(=O)CCC2=O)cc1. The van der Waals surface area contributed by atoms with Crippen molar-refractivity contribution in [2.75, 3.05) is 32.1 Å². The highest BCUT2D eigenvalue weighted by Crippen LogP contribution is 2.17. The highest BCUT2D eigenvalue weighted by atomic mass is 16.3. The fourth-order valence-corrected chi connectivity index (χ4v) is 2.32. The van der Waals surface area contributed by atoms with Crippen LogP contribution in [0.5, 0.6) is 0 Å². The zero-order chi connectivity index (χ0) is 17.0. The van der Waals surface area contributed by atoms with E-state index in [-0.39, 0.29) is 37.7 Å². The molecule has 0 aliphatic carbocycles. The van der Waals surface area contributed by atoms with Gasteiger partial charge < -0.3 is 15.3 Å². The monoisotopic (exact) mass is 319 g/mol. The molecule has 7 heteroatoms. The highest BCUT2D eigenvalue weighted by molar-refractivity contribution is 6.04. The van der Waals surface area contributed by atoms with Gasteiger partial charge in [0.1, 0.15) is 6.54 Å². The number of anilines is 1.